The lowest BCUT2D eigenvalue weighted by Gasteiger charge is -2.22. The first-order chi connectivity index (χ1) is 15.1. The maximum atomic E-state index is 13.1. The Kier molecular flexibility index (Phi) is 4.86. The third kappa shape index (κ3) is 3.14. The summed E-state index contributed by atoms with van der Waals surface area (Å²) in [7, 11) is 0. The molecule has 3 heterocycles. The first-order valence-electron chi connectivity index (χ1n) is 10.1. The molecule has 0 N–H and O–H groups in total. The topological polar surface area (TPSA) is 72.5 Å². The number of thioether (sulfide) groups is 1. The number of carbonyl (C=O) groups is 1. The zero-order chi connectivity index (χ0) is 21.5. The highest BCUT2D eigenvalue weighted by Crippen LogP contribution is 2.33. The van der Waals surface area contributed by atoms with Crippen molar-refractivity contribution in [2.45, 2.75) is 31.1 Å². The quantitative estimate of drug-likeness (QED) is 0.358. The van der Waals surface area contributed by atoms with Crippen molar-refractivity contribution in [3.05, 3.63) is 77.1 Å². The summed E-state index contributed by atoms with van der Waals surface area (Å²) in [5.41, 5.74) is 2.77. The molecule has 0 saturated heterocycles. The van der Waals surface area contributed by atoms with Crippen molar-refractivity contribution < 1.29 is 4.79 Å². The molecule has 0 saturated carbocycles. The number of benzene rings is 2. The fraction of sp³-hybridized carbons (Fsp3) is 0.217. The predicted molar refractivity (Wildman–Crippen MR) is 123 cm³/mol. The first kappa shape index (κ1) is 19.6. The van der Waals surface area contributed by atoms with E-state index in [1.807, 2.05) is 45.7 Å². The van der Waals surface area contributed by atoms with Crippen molar-refractivity contribution in [1.82, 2.24) is 19.2 Å². The molecule has 1 atom stereocenters. The van der Waals surface area contributed by atoms with Crippen LogP contribution in [0.25, 0.3) is 16.7 Å². The number of allylic oxidation sites excluding steroid dienone is 1. The maximum absolute atomic E-state index is 13.1. The molecule has 0 unspecified atom stereocenters. The lowest BCUT2D eigenvalue weighted by molar-refractivity contribution is -0.116. The van der Waals surface area contributed by atoms with E-state index in [1.54, 1.807) is 16.7 Å². The predicted octanol–water partition coefficient (Wildman–Crippen LogP) is 3.30. The number of hydrogen-bond donors (Lipinski definition) is 0. The van der Waals surface area contributed by atoms with Crippen LogP contribution < -0.4 is 10.5 Å². The highest BCUT2D eigenvalue weighted by Gasteiger charge is 2.30. The molecule has 0 fully saturated rings. The Labute approximate surface area is 183 Å². The summed E-state index contributed by atoms with van der Waals surface area (Å²) >= 11 is 1.33. The fourth-order valence-electron chi connectivity index (χ4n) is 4.26. The average Bonchev–Trinajstić information content (AvgIpc) is 3.35. The SMILES string of the molecule is C=CCn1c(=O)c2ccccc2n2c(SCC(=O)N3c4ccccc4C[C@H]3C)nnc12. The van der Waals surface area contributed by atoms with E-state index >= 15 is 0 Å². The van der Waals surface area contributed by atoms with Gasteiger partial charge in [-0.15, -0.1) is 16.8 Å². The van der Waals surface area contributed by atoms with Crippen LogP contribution >= 0.6 is 11.8 Å². The van der Waals surface area contributed by atoms with Gasteiger partial charge in [-0.3, -0.25) is 18.6 Å². The van der Waals surface area contributed by atoms with Crippen LogP contribution in [-0.4, -0.2) is 36.9 Å². The van der Waals surface area contributed by atoms with Gasteiger partial charge in [-0.1, -0.05) is 48.2 Å². The van der Waals surface area contributed by atoms with Gasteiger partial charge in [0.05, 0.1) is 16.7 Å². The molecule has 31 heavy (non-hydrogen) atoms. The average molecular weight is 432 g/mol. The van der Waals surface area contributed by atoms with Crippen LogP contribution in [0.3, 0.4) is 0 Å². The Morgan fingerprint density at radius 2 is 1.97 bits per heavy atom. The van der Waals surface area contributed by atoms with E-state index in [0.717, 1.165) is 17.6 Å². The van der Waals surface area contributed by atoms with Crippen LogP contribution in [-0.2, 0) is 17.8 Å². The highest BCUT2D eigenvalue weighted by molar-refractivity contribution is 7.99. The van der Waals surface area contributed by atoms with Crippen molar-refractivity contribution in [2.24, 2.45) is 0 Å². The molecule has 1 amide bonds. The van der Waals surface area contributed by atoms with Crippen LogP contribution in [0.15, 0.2) is 71.1 Å². The molecular weight excluding hydrogens is 410 g/mol. The second-order valence-corrected chi connectivity index (χ2v) is 8.52. The van der Waals surface area contributed by atoms with Crippen molar-refractivity contribution in [1.29, 1.82) is 0 Å². The maximum Gasteiger partial charge on any atom is 0.263 e. The van der Waals surface area contributed by atoms with Gasteiger partial charge in [0.15, 0.2) is 5.16 Å². The number of para-hydroxylation sites is 2. The Morgan fingerprint density at radius 1 is 1.19 bits per heavy atom. The fourth-order valence-corrected chi connectivity index (χ4v) is 5.06. The molecule has 0 aliphatic carbocycles. The van der Waals surface area contributed by atoms with Gasteiger partial charge in [0.2, 0.25) is 11.7 Å². The molecule has 7 nitrogen and oxygen atoms in total. The van der Waals surface area contributed by atoms with Crippen LogP contribution in [0.5, 0.6) is 0 Å². The summed E-state index contributed by atoms with van der Waals surface area (Å²) in [6, 6.07) is 15.5. The molecule has 1 aliphatic rings. The van der Waals surface area contributed by atoms with E-state index in [9.17, 15) is 9.59 Å². The van der Waals surface area contributed by atoms with E-state index in [0.29, 0.717) is 22.9 Å². The Morgan fingerprint density at radius 3 is 2.81 bits per heavy atom. The molecule has 2 aromatic heterocycles. The van der Waals surface area contributed by atoms with Gasteiger partial charge < -0.3 is 4.90 Å². The molecule has 8 heteroatoms. The van der Waals surface area contributed by atoms with Crippen LogP contribution in [0.4, 0.5) is 5.69 Å². The second-order valence-electron chi connectivity index (χ2n) is 7.57. The minimum Gasteiger partial charge on any atom is -0.308 e. The number of carbonyl (C=O) groups excluding carboxylic acids is 1. The molecule has 0 radical (unpaired) electrons. The van der Waals surface area contributed by atoms with Crippen LogP contribution in [0, 0.1) is 0 Å². The molecule has 156 valence electrons. The molecule has 0 bridgehead atoms. The number of amides is 1. The molecule has 2 aromatic carbocycles. The van der Waals surface area contributed by atoms with E-state index < -0.39 is 0 Å². The van der Waals surface area contributed by atoms with Crippen LogP contribution in [0.1, 0.15) is 12.5 Å². The summed E-state index contributed by atoms with van der Waals surface area (Å²) < 4.78 is 3.40. The normalized spacial score (nSPS) is 15.5. The number of hydrogen-bond acceptors (Lipinski definition) is 5. The second kappa shape index (κ2) is 7.70. The van der Waals surface area contributed by atoms with Gasteiger partial charge in [-0.05, 0) is 37.1 Å². The summed E-state index contributed by atoms with van der Waals surface area (Å²) in [4.78, 5) is 27.9. The van der Waals surface area contributed by atoms with Crippen molar-refractivity contribution in [3.63, 3.8) is 0 Å². The summed E-state index contributed by atoms with van der Waals surface area (Å²) in [6.07, 6.45) is 2.52. The zero-order valence-electron chi connectivity index (χ0n) is 17.1. The molecule has 5 rings (SSSR count). The summed E-state index contributed by atoms with van der Waals surface area (Å²) in [5, 5.41) is 9.72. The van der Waals surface area contributed by atoms with Gasteiger partial charge in [0.25, 0.3) is 5.56 Å². The van der Waals surface area contributed by atoms with Crippen molar-refractivity contribution in [3.8, 4) is 0 Å². The van der Waals surface area contributed by atoms with E-state index in [1.165, 1.54) is 17.3 Å². The Balaban J connectivity index is 1.51. The number of aromatic nitrogens is 4. The van der Waals surface area contributed by atoms with Crippen LogP contribution in [0.2, 0.25) is 0 Å². The number of fused-ring (bicyclic) bond motifs is 4. The van der Waals surface area contributed by atoms with E-state index in [2.05, 4.69) is 29.8 Å². The monoisotopic (exact) mass is 431 g/mol. The van der Waals surface area contributed by atoms with Crippen molar-refractivity contribution in [2.75, 3.05) is 10.7 Å². The lowest BCUT2D eigenvalue weighted by atomic mass is 10.1. The molecule has 1 aliphatic heterocycles. The molecule has 0 spiro atoms. The smallest absolute Gasteiger partial charge is 0.263 e. The minimum atomic E-state index is -0.134. The van der Waals surface area contributed by atoms with E-state index in [-0.39, 0.29) is 23.3 Å². The van der Waals surface area contributed by atoms with E-state index in [4.69, 9.17) is 0 Å². The number of anilines is 1. The minimum absolute atomic E-state index is 0.0305. The standard InChI is InChI=1S/C23H21N5O2S/c1-3-12-26-21(30)17-9-5-7-11-19(17)28-22(26)24-25-23(28)31-14-20(29)27-15(2)13-16-8-4-6-10-18(16)27/h3-11,15H,1,12-14H2,2H3/t15-/m1/s1. The molecule has 4 aromatic rings. The highest BCUT2D eigenvalue weighted by atomic mass is 32.2. The Bertz CT molecular complexity index is 1390. The summed E-state index contributed by atoms with van der Waals surface area (Å²) in [6.45, 7) is 6.14. The molecular formula is C23H21N5O2S. The van der Waals surface area contributed by atoms with Gasteiger partial charge in [-0.25, -0.2) is 0 Å². The van der Waals surface area contributed by atoms with Crippen molar-refractivity contribution >= 4 is 40.0 Å². The number of nitrogens with zero attached hydrogens (tertiary/aromatic N) is 5. The third-order valence-electron chi connectivity index (χ3n) is 5.59. The Hall–Kier alpha value is -3.39. The van der Waals surface area contributed by atoms with Gasteiger partial charge >= 0.3 is 0 Å². The zero-order valence-corrected chi connectivity index (χ0v) is 17.9. The van der Waals surface area contributed by atoms with Gasteiger partial charge in [-0.2, -0.15) is 0 Å². The first-order valence-corrected chi connectivity index (χ1v) is 11.1. The largest absolute Gasteiger partial charge is 0.308 e. The third-order valence-corrected chi connectivity index (χ3v) is 6.50. The van der Waals surface area contributed by atoms with Gasteiger partial charge in [0.1, 0.15) is 0 Å². The summed E-state index contributed by atoms with van der Waals surface area (Å²) in [5.74, 6) is 0.704. The van der Waals surface area contributed by atoms with Gasteiger partial charge in [0, 0.05) is 18.3 Å². The number of rotatable bonds is 5. The lowest BCUT2D eigenvalue weighted by Crippen LogP contribution is -2.37.